The highest BCUT2D eigenvalue weighted by Gasteiger charge is 2.14. The molecule has 0 fully saturated rings. The van der Waals surface area contributed by atoms with Crippen molar-refractivity contribution in [1.82, 2.24) is 9.78 Å². The van der Waals surface area contributed by atoms with Crippen molar-refractivity contribution in [3.8, 4) is 0 Å². The standard InChI is InChI=1S/C11H10Br2N4O/c1-17-9(2-3-15-17)11(18)16-10-7(12)4-6(14)5-8(10)13/h2-5H,14H2,1H3,(H,16,18). The van der Waals surface area contributed by atoms with E-state index in [1.165, 1.54) is 4.68 Å². The average molecular weight is 374 g/mol. The zero-order valence-corrected chi connectivity index (χ0v) is 12.6. The van der Waals surface area contributed by atoms with Crippen LogP contribution in [0.5, 0.6) is 0 Å². The molecule has 0 aliphatic heterocycles. The maximum Gasteiger partial charge on any atom is 0.273 e. The van der Waals surface area contributed by atoms with Crippen LogP contribution >= 0.6 is 31.9 Å². The van der Waals surface area contributed by atoms with E-state index in [-0.39, 0.29) is 5.91 Å². The van der Waals surface area contributed by atoms with Gasteiger partial charge in [0.2, 0.25) is 0 Å². The Morgan fingerprint density at radius 1 is 1.39 bits per heavy atom. The summed E-state index contributed by atoms with van der Waals surface area (Å²) in [4.78, 5) is 12.0. The van der Waals surface area contributed by atoms with Crippen LogP contribution in [-0.4, -0.2) is 15.7 Å². The van der Waals surface area contributed by atoms with E-state index in [1.807, 2.05) is 0 Å². The number of hydrogen-bond donors (Lipinski definition) is 2. The Morgan fingerprint density at radius 3 is 2.50 bits per heavy atom. The molecule has 0 radical (unpaired) electrons. The number of anilines is 2. The molecule has 0 unspecified atom stereocenters. The van der Waals surface area contributed by atoms with E-state index in [1.54, 1.807) is 31.4 Å². The first-order chi connectivity index (χ1) is 8.49. The van der Waals surface area contributed by atoms with Gasteiger partial charge in [-0.3, -0.25) is 9.48 Å². The minimum atomic E-state index is -0.235. The topological polar surface area (TPSA) is 72.9 Å². The first-order valence-corrected chi connectivity index (χ1v) is 6.61. The van der Waals surface area contributed by atoms with Crippen LogP contribution < -0.4 is 11.1 Å². The number of halogens is 2. The number of hydrogen-bond acceptors (Lipinski definition) is 3. The molecule has 5 nitrogen and oxygen atoms in total. The predicted molar refractivity (Wildman–Crippen MR) is 77.4 cm³/mol. The summed E-state index contributed by atoms with van der Waals surface area (Å²) in [7, 11) is 1.71. The van der Waals surface area contributed by atoms with Gasteiger partial charge in [-0.15, -0.1) is 0 Å². The first kappa shape index (κ1) is 13.1. The summed E-state index contributed by atoms with van der Waals surface area (Å²) >= 11 is 6.72. The summed E-state index contributed by atoms with van der Waals surface area (Å²) in [6.07, 6.45) is 1.57. The third kappa shape index (κ3) is 2.56. The molecule has 1 amide bonds. The van der Waals surface area contributed by atoms with Crippen molar-refractivity contribution in [3.05, 3.63) is 39.0 Å². The Balaban J connectivity index is 2.31. The maximum absolute atomic E-state index is 12.0. The monoisotopic (exact) mass is 372 g/mol. The van der Waals surface area contributed by atoms with Gasteiger partial charge in [0, 0.05) is 27.9 Å². The quantitative estimate of drug-likeness (QED) is 0.795. The molecule has 1 aromatic carbocycles. The van der Waals surface area contributed by atoms with Gasteiger partial charge in [0.25, 0.3) is 5.91 Å². The summed E-state index contributed by atoms with van der Waals surface area (Å²) in [6, 6.07) is 5.10. The lowest BCUT2D eigenvalue weighted by Crippen LogP contribution is -2.16. The number of nitrogen functional groups attached to an aromatic ring is 1. The van der Waals surface area contributed by atoms with Crippen LogP contribution in [0, 0.1) is 0 Å². The van der Waals surface area contributed by atoms with Gasteiger partial charge in [-0.05, 0) is 50.1 Å². The van der Waals surface area contributed by atoms with Crippen LogP contribution in [0.2, 0.25) is 0 Å². The second-order valence-corrected chi connectivity index (χ2v) is 5.36. The van der Waals surface area contributed by atoms with Gasteiger partial charge in [-0.2, -0.15) is 5.10 Å². The largest absolute Gasteiger partial charge is 0.399 e. The van der Waals surface area contributed by atoms with Crippen molar-refractivity contribution in [2.75, 3.05) is 11.1 Å². The normalized spacial score (nSPS) is 10.4. The lowest BCUT2D eigenvalue weighted by molar-refractivity contribution is 0.101. The Kier molecular flexibility index (Phi) is 3.72. The van der Waals surface area contributed by atoms with Crippen LogP contribution in [0.25, 0.3) is 0 Å². The van der Waals surface area contributed by atoms with E-state index in [0.717, 1.165) is 0 Å². The SMILES string of the molecule is Cn1nccc1C(=O)Nc1c(Br)cc(N)cc1Br. The molecule has 2 rings (SSSR count). The number of rotatable bonds is 2. The number of amides is 1. The molecule has 0 aliphatic carbocycles. The molecule has 0 bridgehead atoms. The van der Waals surface area contributed by atoms with Crippen molar-refractivity contribution in [3.63, 3.8) is 0 Å². The fraction of sp³-hybridized carbons (Fsp3) is 0.0909. The second-order valence-electron chi connectivity index (χ2n) is 3.65. The zero-order chi connectivity index (χ0) is 13.3. The Morgan fingerprint density at radius 2 is 2.00 bits per heavy atom. The average Bonchev–Trinajstić information content (AvgIpc) is 2.69. The van der Waals surface area contributed by atoms with Gasteiger partial charge in [0.05, 0.1) is 5.69 Å². The fourth-order valence-electron chi connectivity index (χ4n) is 1.49. The number of nitrogens with two attached hydrogens (primary N) is 1. The lowest BCUT2D eigenvalue weighted by atomic mass is 10.2. The lowest BCUT2D eigenvalue weighted by Gasteiger charge is -2.10. The third-order valence-electron chi connectivity index (χ3n) is 2.36. The molecule has 3 N–H and O–H groups in total. The van der Waals surface area contributed by atoms with Gasteiger partial charge < -0.3 is 11.1 Å². The Hall–Kier alpha value is -1.34. The van der Waals surface area contributed by atoms with Gasteiger partial charge in [-0.1, -0.05) is 0 Å². The Labute approximate surface area is 121 Å². The fourth-order valence-corrected chi connectivity index (χ4v) is 2.91. The number of nitrogens with zero attached hydrogens (tertiary/aromatic N) is 2. The molecule has 2 aromatic rings. The molecule has 7 heteroatoms. The third-order valence-corrected chi connectivity index (χ3v) is 3.61. The van der Waals surface area contributed by atoms with Crippen molar-refractivity contribution in [2.45, 2.75) is 0 Å². The van der Waals surface area contributed by atoms with Gasteiger partial charge >= 0.3 is 0 Å². The van der Waals surface area contributed by atoms with Crippen LogP contribution in [-0.2, 0) is 7.05 Å². The molecule has 0 spiro atoms. The number of aromatic nitrogens is 2. The smallest absolute Gasteiger partial charge is 0.273 e. The number of carbonyl (C=O) groups excluding carboxylic acids is 1. The zero-order valence-electron chi connectivity index (χ0n) is 9.45. The minimum absolute atomic E-state index is 0.235. The van der Waals surface area contributed by atoms with Gasteiger partial charge in [0.1, 0.15) is 5.69 Å². The summed E-state index contributed by atoms with van der Waals surface area (Å²) in [5.74, 6) is -0.235. The summed E-state index contributed by atoms with van der Waals surface area (Å²) in [5, 5.41) is 6.75. The van der Waals surface area contributed by atoms with Crippen LogP contribution in [0.15, 0.2) is 33.3 Å². The van der Waals surface area contributed by atoms with Crippen LogP contribution in [0.4, 0.5) is 11.4 Å². The van der Waals surface area contributed by atoms with E-state index in [9.17, 15) is 4.79 Å². The van der Waals surface area contributed by atoms with Crippen molar-refractivity contribution in [2.24, 2.45) is 7.05 Å². The molecule has 1 heterocycles. The predicted octanol–water partition coefficient (Wildman–Crippen LogP) is 2.78. The minimum Gasteiger partial charge on any atom is -0.399 e. The molecule has 0 saturated carbocycles. The van der Waals surface area contributed by atoms with Crippen molar-refractivity contribution < 1.29 is 4.79 Å². The van der Waals surface area contributed by atoms with Crippen molar-refractivity contribution >= 4 is 49.1 Å². The molecule has 0 atom stereocenters. The van der Waals surface area contributed by atoms with E-state index < -0.39 is 0 Å². The Bertz CT molecular complexity index is 586. The number of carbonyl (C=O) groups is 1. The van der Waals surface area contributed by atoms with Gasteiger partial charge in [0.15, 0.2) is 0 Å². The molecule has 1 aromatic heterocycles. The van der Waals surface area contributed by atoms with E-state index in [2.05, 4.69) is 42.3 Å². The summed E-state index contributed by atoms with van der Waals surface area (Å²) in [5.41, 5.74) is 7.41. The molecule has 94 valence electrons. The molecule has 0 saturated heterocycles. The highest BCUT2D eigenvalue weighted by molar-refractivity contribution is 9.11. The number of benzene rings is 1. The first-order valence-electron chi connectivity index (χ1n) is 5.03. The molecular weight excluding hydrogens is 364 g/mol. The molecular formula is C11H10Br2N4O. The highest BCUT2D eigenvalue weighted by atomic mass is 79.9. The van der Waals surface area contributed by atoms with Crippen LogP contribution in [0.1, 0.15) is 10.5 Å². The number of nitrogens with one attached hydrogen (secondary N) is 1. The summed E-state index contributed by atoms with van der Waals surface area (Å²) in [6.45, 7) is 0. The van der Waals surface area contributed by atoms with Crippen molar-refractivity contribution in [1.29, 1.82) is 0 Å². The highest BCUT2D eigenvalue weighted by Crippen LogP contribution is 2.33. The second kappa shape index (κ2) is 5.11. The number of aryl methyl sites for hydroxylation is 1. The van der Waals surface area contributed by atoms with E-state index in [4.69, 9.17) is 5.73 Å². The summed E-state index contributed by atoms with van der Waals surface area (Å²) < 4.78 is 2.93. The van der Waals surface area contributed by atoms with E-state index in [0.29, 0.717) is 26.0 Å². The van der Waals surface area contributed by atoms with Gasteiger partial charge in [-0.25, -0.2) is 0 Å². The van der Waals surface area contributed by atoms with Crippen LogP contribution in [0.3, 0.4) is 0 Å². The molecule has 18 heavy (non-hydrogen) atoms. The molecule has 0 aliphatic rings. The maximum atomic E-state index is 12.0. The van der Waals surface area contributed by atoms with E-state index >= 15 is 0 Å².